The molecule has 0 amide bonds. The lowest BCUT2D eigenvalue weighted by Crippen LogP contribution is -2.43. The summed E-state index contributed by atoms with van der Waals surface area (Å²) in [6, 6.07) is 6.27. The molecule has 2 atom stereocenters. The fraction of sp³-hybridized carbons (Fsp3) is 0.417. The highest BCUT2D eigenvalue weighted by Gasteiger charge is 2.45. The minimum atomic E-state index is -0.830. The Balaban J connectivity index is 2.21. The summed E-state index contributed by atoms with van der Waals surface area (Å²) in [6.07, 6.45) is 0. The number of aliphatic carboxylic acids is 1. The van der Waals surface area contributed by atoms with Gasteiger partial charge >= 0.3 is 5.97 Å². The molecule has 1 aromatic carbocycles. The molecule has 0 aromatic heterocycles. The van der Waals surface area contributed by atoms with E-state index in [9.17, 15) is 9.90 Å². The van der Waals surface area contributed by atoms with Gasteiger partial charge < -0.3 is 10.2 Å². The van der Waals surface area contributed by atoms with Gasteiger partial charge in [0.05, 0.1) is 5.37 Å². The number of carbonyl (C=O) groups is 1. The minimum Gasteiger partial charge on any atom is -0.508 e. The van der Waals surface area contributed by atoms with E-state index in [-0.39, 0.29) is 15.9 Å². The van der Waals surface area contributed by atoms with Gasteiger partial charge in [0.1, 0.15) is 11.8 Å². The van der Waals surface area contributed by atoms with Crippen molar-refractivity contribution in [2.45, 2.75) is 30.0 Å². The molecule has 0 aliphatic carbocycles. The highest BCUT2D eigenvalue weighted by Crippen LogP contribution is 2.45. The van der Waals surface area contributed by atoms with Crippen LogP contribution in [-0.2, 0) is 4.79 Å². The number of phenols is 1. The summed E-state index contributed by atoms with van der Waals surface area (Å²) in [5.41, 5.74) is 0.977. The smallest absolute Gasteiger partial charge is 0.322 e. The van der Waals surface area contributed by atoms with Crippen LogP contribution in [0.5, 0.6) is 5.75 Å². The van der Waals surface area contributed by atoms with Gasteiger partial charge in [-0.05, 0) is 31.5 Å². The summed E-state index contributed by atoms with van der Waals surface area (Å²) in [5.74, 6) is -0.616. The van der Waals surface area contributed by atoms with Crippen molar-refractivity contribution in [2.24, 2.45) is 0 Å². The second kappa shape index (κ2) is 4.23. The molecule has 1 fully saturated rings. The molecule has 1 saturated heterocycles. The highest BCUT2D eigenvalue weighted by atomic mass is 32.2. The van der Waals surface area contributed by atoms with E-state index in [1.807, 2.05) is 13.8 Å². The van der Waals surface area contributed by atoms with E-state index in [4.69, 9.17) is 5.11 Å². The largest absolute Gasteiger partial charge is 0.508 e. The topological polar surface area (TPSA) is 69.6 Å². The Bertz CT molecular complexity index is 430. The SMILES string of the molecule is CC1(C)SC(c2ccc(O)cc2)N[C@H]1C(=O)O. The van der Waals surface area contributed by atoms with E-state index < -0.39 is 12.0 Å². The van der Waals surface area contributed by atoms with Crippen LogP contribution in [0.2, 0.25) is 0 Å². The predicted octanol–water partition coefficient (Wildman–Crippen LogP) is 1.96. The number of phenolic OH excluding ortho intramolecular Hbond substituents is 1. The van der Waals surface area contributed by atoms with Gasteiger partial charge in [-0.1, -0.05) is 12.1 Å². The minimum absolute atomic E-state index is 0.0494. The molecule has 1 unspecified atom stereocenters. The van der Waals surface area contributed by atoms with E-state index in [0.29, 0.717) is 0 Å². The predicted molar refractivity (Wildman–Crippen MR) is 67.1 cm³/mol. The standard InChI is InChI=1S/C12H15NO3S/c1-12(2)9(11(15)16)13-10(17-12)7-3-5-8(14)6-4-7/h3-6,9-10,13-14H,1-2H3,(H,15,16)/t9-,10?/m0/s1. The van der Waals surface area contributed by atoms with Gasteiger partial charge in [-0.2, -0.15) is 0 Å². The average Bonchev–Trinajstić information content (AvgIpc) is 2.55. The molecular weight excluding hydrogens is 238 g/mol. The van der Waals surface area contributed by atoms with Crippen molar-refractivity contribution >= 4 is 17.7 Å². The molecule has 5 heteroatoms. The zero-order valence-corrected chi connectivity index (χ0v) is 10.5. The molecule has 3 N–H and O–H groups in total. The van der Waals surface area contributed by atoms with Crippen molar-refractivity contribution in [1.29, 1.82) is 0 Å². The van der Waals surface area contributed by atoms with E-state index in [0.717, 1.165) is 5.56 Å². The monoisotopic (exact) mass is 253 g/mol. The van der Waals surface area contributed by atoms with Crippen LogP contribution >= 0.6 is 11.8 Å². The molecule has 1 aliphatic heterocycles. The van der Waals surface area contributed by atoms with E-state index in [1.165, 1.54) is 0 Å². The van der Waals surface area contributed by atoms with Gasteiger partial charge in [0.15, 0.2) is 0 Å². The van der Waals surface area contributed by atoms with Crippen molar-refractivity contribution in [3.63, 3.8) is 0 Å². The molecule has 0 radical (unpaired) electrons. The number of carboxylic acids is 1. The third kappa shape index (κ3) is 2.40. The lowest BCUT2D eigenvalue weighted by molar-refractivity contribution is -0.139. The summed E-state index contributed by atoms with van der Waals surface area (Å²) in [7, 11) is 0. The molecule has 17 heavy (non-hydrogen) atoms. The Morgan fingerprint density at radius 3 is 2.41 bits per heavy atom. The zero-order chi connectivity index (χ0) is 12.6. The Morgan fingerprint density at radius 2 is 1.94 bits per heavy atom. The molecule has 1 aromatic rings. The summed E-state index contributed by atoms with van der Waals surface area (Å²) in [5, 5.41) is 21.4. The summed E-state index contributed by atoms with van der Waals surface area (Å²) in [6.45, 7) is 3.84. The van der Waals surface area contributed by atoms with E-state index in [2.05, 4.69) is 5.32 Å². The first-order chi connectivity index (χ1) is 7.90. The molecule has 2 rings (SSSR count). The number of nitrogens with one attached hydrogen (secondary N) is 1. The van der Waals surface area contributed by atoms with Crippen LogP contribution in [0.1, 0.15) is 24.8 Å². The van der Waals surface area contributed by atoms with Crippen LogP contribution < -0.4 is 5.32 Å². The van der Waals surface area contributed by atoms with Gasteiger partial charge in [0, 0.05) is 4.75 Å². The fourth-order valence-electron chi connectivity index (χ4n) is 1.94. The van der Waals surface area contributed by atoms with E-state index >= 15 is 0 Å². The maximum atomic E-state index is 11.1. The number of thioether (sulfide) groups is 1. The Morgan fingerprint density at radius 1 is 1.35 bits per heavy atom. The molecular formula is C12H15NO3S. The number of aromatic hydroxyl groups is 1. The first-order valence-electron chi connectivity index (χ1n) is 5.36. The van der Waals surface area contributed by atoms with Gasteiger partial charge in [-0.25, -0.2) is 0 Å². The summed E-state index contributed by atoms with van der Waals surface area (Å²) >= 11 is 1.59. The van der Waals surface area contributed by atoms with Gasteiger partial charge in [0.25, 0.3) is 0 Å². The van der Waals surface area contributed by atoms with Crippen molar-refractivity contribution in [3.05, 3.63) is 29.8 Å². The normalized spacial score (nSPS) is 26.9. The molecule has 0 spiro atoms. The maximum absolute atomic E-state index is 11.1. The molecule has 92 valence electrons. The average molecular weight is 253 g/mol. The summed E-state index contributed by atoms with van der Waals surface area (Å²) in [4.78, 5) is 11.1. The van der Waals surface area contributed by atoms with Crippen molar-refractivity contribution in [1.82, 2.24) is 5.32 Å². The number of hydrogen-bond donors (Lipinski definition) is 3. The van der Waals surface area contributed by atoms with Gasteiger partial charge in [0.2, 0.25) is 0 Å². The third-order valence-electron chi connectivity index (χ3n) is 2.88. The fourth-order valence-corrected chi connectivity index (χ4v) is 3.35. The highest BCUT2D eigenvalue weighted by molar-refractivity contribution is 8.01. The van der Waals surface area contributed by atoms with Crippen LogP contribution in [0, 0.1) is 0 Å². The van der Waals surface area contributed by atoms with Crippen LogP contribution in [0.25, 0.3) is 0 Å². The van der Waals surface area contributed by atoms with Crippen molar-refractivity contribution in [2.75, 3.05) is 0 Å². The van der Waals surface area contributed by atoms with Crippen LogP contribution in [0.4, 0.5) is 0 Å². The Kier molecular flexibility index (Phi) is 3.05. The number of carboxylic acid groups (broad SMARTS) is 1. The van der Waals surface area contributed by atoms with Crippen LogP contribution in [0.3, 0.4) is 0 Å². The first kappa shape index (κ1) is 12.3. The Labute approximate surface area is 104 Å². The lowest BCUT2D eigenvalue weighted by Gasteiger charge is -2.20. The molecule has 4 nitrogen and oxygen atoms in total. The quantitative estimate of drug-likeness (QED) is 0.751. The number of benzene rings is 1. The van der Waals surface area contributed by atoms with Gasteiger partial charge in [-0.3, -0.25) is 10.1 Å². The number of rotatable bonds is 2. The molecule has 0 saturated carbocycles. The second-order valence-corrected chi connectivity index (χ2v) is 6.39. The first-order valence-corrected chi connectivity index (χ1v) is 6.24. The molecule has 1 heterocycles. The van der Waals surface area contributed by atoms with Crippen molar-refractivity contribution in [3.8, 4) is 5.75 Å². The molecule has 1 aliphatic rings. The summed E-state index contributed by atoms with van der Waals surface area (Å²) < 4.78 is -0.353. The van der Waals surface area contributed by atoms with E-state index in [1.54, 1.807) is 36.0 Å². The lowest BCUT2D eigenvalue weighted by atomic mass is 10.0. The maximum Gasteiger partial charge on any atom is 0.322 e. The second-order valence-electron chi connectivity index (χ2n) is 4.63. The van der Waals surface area contributed by atoms with Crippen molar-refractivity contribution < 1.29 is 15.0 Å². The zero-order valence-electron chi connectivity index (χ0n) is 9.68. The number of hydrogen-bond acceptors (Lipinski definition) is 4. The van der Waals surface area contributed by atoms with Gasteiger partial charge in [-0.15, -0.1) is 11.8 Å². The Hall–Kier alpha value is -1.20. The third-order valence-corrected chi connectivity index (χ3v) is 4.36. The molecule has 0 bridgehead atoms. The van der Waals surface area contributed by atoms with Crippen LogP contribution in [0.15, 0.2) is 24.3 Å². The van der Waals surface area contributed by atoms with Crippen LogP contribution in [-0.4, -0.2) is 27.0 Å².